The second-order valence-electron chi connectivity index (χ2n) is 5.56. The maximum Gasteiger partial charge on any atom is 0.252 e. The second-order valence-corrected chi connectivity index (χ2v) is 5.56. The van der Waals surface area contributed by atoms with Crippen molar-refractivity contribution in [2.75, 3.05) is 24.5 Å². The standard InChI is InChI=1S/C14H20N4O/c1-9-4-6-17-14(12(9)13(15)19)18-7-10-3-2-5-16-11(10)8-18/h4,6,10-11,16H,2-3,5,7-8H2,1H3,(H2,15,19)/t10-,11+/m0/s1. The van der Waals surface area contributed by atoms with E-state index in [-0.39, 0.29) is 5.91 Å². The van der Waals surface area contributed by atoms with Crippen molar-refractivity contribution in [1.82, 2.24) is 10.3 Å². The molecule has 0 radical (unpaired) electrons. The van der Waals surface area contributed by atoms with E-state index in [4.69, 9.17) is 5.73 Å². The molecule has 1 aromatic heterocycles. The Hall–Kier alpha value is -1.62. The third-order valence-electron chi connectivity index (χ3n) is 4.28. The van der Waals surface area contributed by atoms with Crippen molar-refractivity contribution in [1.29, 1.82) is 0 Å². The van der Waals surface area contributed by atoms with Crippen LogP contribution in [0.5, 0.6) is 0 Å². The molecule has 1 aromatic rings. The number of aryl methyl sites for hydroxylation is 1. The number of hydrogen-bond donors (Lipinski definition) is 2. The van der Waals surface area contributed by atoms with Gasteiger partial charge in [-0.2, -0.15) is 0 Å². The van der Waals surface area contributed by atoms with Gasteiger partial charge in [-0.1, -0.05) is 0 Å². The monoisotopic (exact) mass is 260 g/mol. The first-order chi connectivity index (χ1) is 9.16. The van der Waals surface area contributed by atoms with Crippen molar-refractivity contribution in [2.45, 2.75) is 25.8 Å². The summed E-state index contributed by atoms with van der Waals surface area (Å²) in [5, 5.41) is 3.56. The van der Waals surface area contributed by atoms with Gasteiger partial charge in [-0.15, -0.1) is 0 Å². The average Bonchev–Trinajstić information content (AvgIpc) is 2.81. The van der Waals surface area contributed by atoms with E-state index in [1.165, 1.54) is 12.8 Å². The van der Waals surface area contributed by atoms with Crippen LogP contribution in [-0.2, 0) is 0 Å². The van der Waals surface area contributed by atoms with Crippen LogP contribution in [0, 0.1) is 12.8 Å². The molecule has 0 bridgehead atoms. The zero-order chi connectivity index (χ0) is 13.4. The van der Waals surface area contributed by atoms with Gasteiger partial charge in [0, 0.05) is 25.3 Å². The van der Waals surface area contributed by atoms with Crippen molar-refractivity contribution in [3.8, 4) is 0 Å². The fourth-order valence-electron chi connectivity index (χ4n) is 3.31. The Kier molecular flexibility index (Phi) is 3.14. The fourth-order valence-corrected chi connectivity index (χ4v) is 3.31. The third kappa shape index (κ3) is 2.18. The van der Waals surface area contributed by atoms with Gasteiger partial charge in [-0.3, -0.25) is 4.79 Å². The number of rotatable bonds is 2. The topological polar surface area (TPSA) is 71.2 Å². The Morgan fingerprint density at radius 3 is 3.11 bits per heavy atom. The normalized spacial score (nSPS) is 26.3. The predicted molar refractivity (Wildman–Crippen MR) is 74.2 cm³/mol. The number of hydrogen-bond acceptors (Lipinski definition) is 4. The number of nitrogens with one attached hydrogen (secondary N) is 1. The van der Waals surface area contributed by atoms with Gasteiger partial charge in [0.15, 0.2) is 0 Å². The predicted octanol–water partition coefficient (Wildman–Crippen LogP) is 0.677. The molecule has 0 aliphatic carbocycles. The molecule has 2 atom stereocenters. The van der Waals surface area contributed by atoms with Gasteiger partial charge in [-0.25, -0.2) is 4.98 Å². The zero-order valence-corrected chi connectivity index (χ0v) is 11.2. The molecular weight excluding hydrogens is 240 g/mol. The number of anilines is 1. The number of fused-ring (bicyclic) bond motifs is 1. The molecule has 5 nitrogen and oxygen atoms in total. The molecule has 2 fully saturated rings. The number of carbonyl (C=O) groups is 1. The highest BCUT2D eigenvalue weighted by atomic mass is 16.1. The highest BCUT2D eigenvalue weighted by Gasteiger charge is 2.36. The number of nitrogens with two attached hydrogens (primary N) is 1. The minimum Gasteiger partial charge on any atom is -0.365 e. The molecule has 102 valence electrons. The van der Waals surface area contributed by atoms with Gasteiger partial charge in [-0.05, 0) is 43.9 Å². The van der Waals surface area contributed by atoms with Crippen molar-refractivity contribution >= 4 is 11.7 Å². The summed E-state index contributed by atoms with van der Waals surface area (Å²) in [7, 11) is 0. The van der Waals surface area contributed by atoms with Crippen LogP contribution in [0.2, 0.25) is 0 Å². The van der Waals surface area contributed by atoms with Crippen LogP contribution >= 0.6 is 0 Å². The number of primary amides is 1. The lowest BCUT2D eigenvalue weighted by Gasteiger charge is -2.24. The van der Waals surface area contributed by atoms with E-state index >= 15 is 0 Å². The van der Waals surface area contributed by atoms with E-state index in [1.807, 2.05) is 13.0 Å². The molecular formula is C14H20N4O. The van der Waals surface area contributed by atoms with Crippen molar-refractivity contribution in [2.24, 2.45) is 11.7 Å². The summed E-state index contributed by atoms with van der Waals surface area (Å²) in [6, 6.07) is 2.36. The lowest BCUT2D eigenvalue weighted by atomic mass is 9.94. The second kappa shape index (κ2) is 4.81. The number of amides is 1. The van der Waals surface area contributed by atoms with Gasteiger partial charge in [0.2, 0.25) is 0 Å². The smallest absolute Gasteiger partial charge is 0.252 e. The number of carbonyl (C=O) groups excluding carboxylic acids is 1. The van der Waals surface area contributed by atoms with Crippen LogP contribution < -0.4 is 16.0 Å². The molecule has 2 aliphatic rings. The number of pyridine rings is 1. The van der Waals surface area contributed by atoms with Crippen LogP contribution in [0.15, 0.2) is 12.3 Å². The van der Waals surface area contributed by atoms with E-state index in [9.17, 15) is 4.79 Å². The summed E-state index contributed by atoms with van der Waals surface area (Å²) in [5.41, 5.74) is 6.98. The number of nitrogens with zero attached hydrogens (tertiary/aromatic N) is 2. The van der Waals surface area contributed by atoms with Gasteiger partial charge >= 0.3 is 0 Å². The molecule has 2 aliphatic heterocycles. The molecule has 5 heteroatoms. The Labute approximate surface area is 113 Å². The van der Waals surface area contributed by atoms with Crippen LogP contribution in [0.4, 0.5) is 5.82 Å². The molecule has 0 saturated carbocycles. The van der Waals surface area contributed by atoms with E-state index in [0.717, 1.165) is 31.0 Å². The van der Waals surface area contributed by atoms with Gasteiger partial charge in [0.1, 0.15) is 5.82 Å². The van der Waals surface area contributed by atoms with E-state index in [1.54, 1.807) is 6.20 Å². The fraction of sp³-hybridized carbons (Fsp3) is 0.571. The van der Waals surface area contributed by atoms with E-state index in [0.29, 0.717) is 17.5 Å². The quantitative estimate of drug-likeness (QED) is 0.820. The van der Waals surface area contributed by atoms with Crippen LogP contribution in [0.1, 0.15) is 28.8 Å². The van der Waals surface area contributed by atoms with Crippen LogP contribution in [0.3, 0.4) is 0 Å². The third-order valence-corrected chi connectivity index (χ3v) is 4.28. The lowest BCUT2D eigenvalue weighted by molar-refractivity contribution is 0.1000. The van der Waals surface area contributed by atoms with E-state index in [2.05, 4.69) is 15.2 Å². The van der Waals surface area contributed by atoms with E-state index < -0.39 is 0 Å². The minimum atomic E-state index is -0.386. The number of aromatic nitrogens is 1. The molecule has 1 amide bonds. The summed E-state index contributed by atoms with van der Waals surface area (Å²) in [6.45, 7) is 4.89. The van der Waals surface area contributed by atoms with Crippen LogP contribution in [-0.4, -0.2) is 36.6 Å². The first kappa shape index (κ1) is 12.4. The van der Waals surface area contributed by atoms with Gasteiger partial charge in [0.05, 0.1) is 5.56 Å². The highest BCUT2D eigenvalue weighted by molar-refractivity contribution is 5.99. The number of piperidine rings is 1. The first-order valence-electron chi connectivity index (χ1n) is 6.90. The van der Waals surface area contributed by atoms with Gasteiger partial charge < -0.3 is 16.0 Å². The molecule has 2 saturated heterocycles. The zero-order valence-electron chi connectivity index (χ0n) is 11.2. The average molecular weight is 260 g/mol. The molecule has 3 N–H and O–H groups in total. The summed E-state index contributed by atoms with van der Waals surface area (Å²) < 4.78 is 0. The largest absolute Gasteiger partial charge is 0.365 e. The Bertz CT molecular complexity index is 488. The van der Waals surface area contributed by atoms with Crippen molar-refractivity contribution in [3.63, 3.8) is 0 Å². The first-order valence-corrected chi connectivity index (χ1v) is 6.90. The Morgan fingerprint density at radius 2 is 2.37 bits per heavy atom. The summed E-state index contributed by atoms with van der Waals surface area (Å²) in [5.74, 6) is 1.03. The molecule has 19 heavy (non-hydrogen) atoms. The molecule has 0 unspecified atom stereocenters. The highest BCUT2D eigenvalue weighted by Crippen LogP contribution is 2.30. The lowest BCUT2D eigenvalue weighted by Crippen LogP contribution is -2.40. The van der Waals surface area contributed by atoms with Crippen molar-refractivity contribution in [3.05, 3.63) is 23.4 Å². The Morgan fingerprint density at radius 1 is 1.53 bits per heavy atom. The van der Waals surface area contributed by atoms with Crippen LogP contribution in [0.25, 0.3) is 0 Å². The molecule has 3 heterocycles. The molecule has 0 aromatic carbocycles. The molecule has 3 rings (SSSR count). The minimum absolute atomic E-state index is 0.386. The maximum atomic E-state index is 11.7. The van der Waals surface area contributed by atoms with Crippen molar-refractivity contribution < 1.29 is 4.79 Å². The maximum absolute atomic E-state index is 11.7. The SMILES string of the molecule is Cc1ccnc(N2C[C@@H]3CCCN[C@@H]3C2)c1C(N)=O. The van der Waals surface area contributed by atoms with Gasteiger partial charge in [0.25, 0.3) is 5.91 Å². The molecule has 0 spiro atoms. The summed E-state index contributed by atoms with van der Waals surface area (Å²) >= 11 is 0. The summed E-state index contributed by atoms with van der Waals surface area (Å²) in [6.07, 6.45) is 4.25. The Balaban J connectivity index is 1.91. The summed E-state index contributed by atoms with van der Waals surface area (Å²) in [4.78, 5) is 18.3.